The van der Waals surface area contributed by atoms with E-state index in [1.165, 1.54) is 6.42 Å². The lowest BCUT2D eigenvalue weighted by molar-refractivity contribution is -0.126. The van der Waals surface area contributed by atoms with Crippen molar-refractivity contribution in [1.29, 1.82) is 0 Å². The zero-order valence-electron chi connectivity index (χ0n) is 18.3. The van der Waals surface area contributed by atoms with Gasteiger partial charge in [0.25, 0.3) is 0 Å². The van der Waals surface area contributed by atoms with E-state index < -0.39 is 0 Å². The molecule has 162 valence electrons. The summed E-state index contributed by atoms with van der Waals surface area (Å²) in [7, 11) is 0. The second-order valence-electron chi connectivity index (χ2n) is 8.06. The first-order valence-electron chi connectivity index (χ1n) is 10.9. The van der Waals surface area contributed by atoms with Gasteiger partial charge in [0.2, 0.25) is 5.91 Å². The predicted octanol–water partition coefficient (Wildman–Crippen LogP) is 6.99. The summed E-state index contributed by atoms with van der Waals surface area (Å²) in [5.74, 6) is 0.865. The molecule has 3 aromatic rings. The van der Waals surface area contributed by atoms with Gasteiger partial charge in [-0.25, -0.2) is 0 Å². The number of likely N-dealkylation sites (tertiary alicyclic amines) is 1. The van der Waals surface area contributed by atoms with Crippen LogP contribution in [0.3, 0.4) is 0 Å². The number of allylic oxidation sites excluding steroid dienone is 1. The molecule has 4 rings (SSSR count). The molecular weight excluding hydrogens is 454 g/mol. The van der Waals surface area contributed by atoms with E-state index in [4.69, 9.17) is 9.15 Å². The van der Waals surface area contributed by atoms with E-state index >= 15 is 0 Å². The third-order valence-electron chi connectivity index (χ3n) is 5.92. The molecule has 0 bridgehead atoms. The molecule has 4 nitrogen and oxygen atoms in total. The fourth-order valence-electron chi connectivity index (χ4n) is 4.26. The van der Waals surface area contributed by atoms with Crippen LogP contribution in [0.5, 0.6) is 5.75 Å². The largest absolute Gasteiger partial charge is 0.493 e. The summed E-state index contributed by atoms with van der Waals surface area (Å²) in [6.45, 7) is 8.21. The fraction of sp³-hybridized carbons (Fsp3) is 0.346. The molecular formula is C26H28BrNO3. The normalized spacial score (nSPS) is 14.8. The Hall–Kier alpha value is -2.53. The Kier molecular flexibility index (Phi) is 6.51. The first-order valence-corrected chi connectivity index (χ1v) is 11.7. The number of carbonyl (C=O) groups excluding carboxylic acids is 1. The van der Waals surface area contributed by atoms with Crippen LogP contribution in [0.4, 0.5) is 0 Å². The van der Waals surface area contributed by atoms with Crippen LogP contribution in [-0.4, -0.2) is 30.5 Å². The van der Waals surface area contributed by atoms with Crippen LogP contribution in [0.25, 0.3) is 27.7 Å². The Morgan fingerprint density at radius 1 is 1.19 bits per heavy atom. The van der Waals surface area contributed by atoms with Crippen LogP contribution < -0.4 is 4.74 Å². The summed E-state index contributed by atoms with van der Waals surface area (Å²) in [5.41, 5.74) is 5.74. The predicted molar refractivity (Wildman–Crippen MR) is 129 cm³/mol. The average molecular weight is 482 g/mol. The van der Waals surface area contributed by atoms with Crippen LogP contribution in [0.15, 0.2) is 51.6 Å². The van der Waals surface area contributed by atoms with E-state index in [9.17, 15) is 4.79 Å². The van der Waals surface area contributed by atoms with E-state index in [1.54, 1.807) is 12.3 Å². The van der Waals surface area contributed by atoms with Crippen molar-refractivity contribution in [3.63, 3.8) is 0 Å². The van der Waals surface area contributed by atoms with Crippen molar-refractivity contribution in [2.45, 2.75) is 40.0 Å². The summed E-state index contributed by atoms with van der Waals surface area (Å²) in [6.07, 6.45) is 6.93. The molecule has 0 unspecified atom stereocenters. The van der Waals surface area contributed by atoms with E-state index in [0.29, 0.717) is 6.61 Å². The third kappa shape index (κ3) is 4.42. The highest BCUT2D eigenvalue weighted by atomic mass is 79.9. The van der Waals surface area contributed by atoms with Gasteiger partial charge in [-0.2, -0.15) is 0 Å². The SMILES string of the molecule is CCOc1c(/C(C)=C/C(=O)N2CCCCC2)cc2c(-c3ccc(Br)cc3)coc2c1C. The number of ether oxygens (including phenoxy) is 1. The first kappa shape index (κ1) is 21.7. The molecule has 1 aromatic heterocycles. The summed E-state index contributed by atoms with van der Waals surface area (Å²) >= 11 is 3.50. The zero-order chi connectivity index (χ0) is 22.0. The van der Waals surface area contributed by atoms with Gasteiger partial charge in [0.1, 0.15) is 11.3 Å². The van der Waals surface area contributed by atoms with Gasteiger partial charge < -0.3 is 14.1 Å². The van der Waals surface area contributed by atoms with Crippen molar-refractivity contribution in [3.05, 3.63) is 58.3 Å². The second kappa shape index (κ2) is 9.31. The molecule has 0 saturated carbocycles. The molecule has 1 saturated heterocycles. The molecule has 1 amide bonds. The summed E-state index contributed by atoms with van der Waals surface area (Å²) in [4.78, 5) is 14.8. The number of hydrogen-bond acceptors (Lipinski definition) is 3. The number of piperidine rings is 1. The molecule has 2 aromatic carbocycles. The number of rotatable bonds is 5. The van der Waals surface area contributed by atoms with Crippen LogP contribution in [0.1, 0.15) is 44.2 Å². The summed E-state index contributed by atoms with van der Waals surface area (Å²) < 4.78 is 13.0. The minimum absolute atomic E-state index is 0.0812. The van der Waals surface area contributed by atoms with Gasteiger partial charge in [0.05, 0.1) is 12.9 Å². The van der Waals surface area contributed by atoms with Gasteiger partial charge in [0.15, 0.2) is 0 Å². The molecule has 0 radical (unpaired) electrons. The minimum atomic E-state index is 0.0812. The van der Waals surface area contributed by atoms with Crippen LogP contribution in [0, 0.1) is 6.92 Å². The summed E-state index contributed by atoms with van der Waals surface area (Å²) in [6, 6.07) is 10.3. The Balaban J connectivity index is 1.81. The monoisotopic (exact) mass is 481 g/mol. The first-order chi connectivity index (χ1) is 15.0. The Morgan fingerprint density at radius 2 is 1.90 bits per heavy atom. The highest BCUT2D eigenvalue weighted by molar-refractivity contribution is 9.10. The smallest absolute Gasteiger partial charge is 0.246 e. The van der Waals surface area contributed by atoms with Crippen molar-refractivity contribution in [2.24, 2.45) is 0 Å². The second-order valence-corrected chi connectivity index (χ2v) is 8.97. The molecule has 5 heteroatoms. The zero-order valence-corrected chi connectivity index (χ0v) is 19.9. The number of fused-ring (bicyclic) bond motifs is 1. The van der Waals surface area contributed by atoms with Crippen molar-refractivity contribution in [3.8, 4) is 16.9 Å². The highest BCUT2D eigenvalue weighted by Gasteiger charge is 2.20. The van der Waals surface area contributed by atoms with Gasteiger partial charge in [-0.1, -0.05) is 28.1 Å². The van der Waals surface area contributed by atoms with E-state index in [1.807, 2.05) is 37.8 Å². The molecule has 2 heterocycles. The topological polar surface area (TPSA) is 42.7 Å². The number of furan rings is 1. The van der Waals surface area contributed by atoms with Gasteiger partial charge in [-0.05, 0) is 69.4 Å². The maximum Gasteiger partial charge on any atom is 0.246 e. The number of halogens is 1. The van der Waals surface area contributed by atoms with E-state index in [0.717, 1.165) is 74.9 Å². The lowest BCUT2D eigenvalue weighted by Gasteiger charge is -2.25. The van der Waals surface area contributed by atoms with Crippen molar-refractivity contribution in [2.75, 3.05) is 19.7 Å². The molecule has 0 spiro atoms. The summed E-state index contributed by atoms with van der Waals surface area (Å²) in [5, 5.41) is 1.02. The van der Waals surface area contributed by atoms with Crippen LogP contribution >= 0.6 is 15.9 Å². The van der Waals surface area contributed by atoms with Gasteiger partial charge in [-0.3, -0.25) is 4.79 Å². The number of carbonyl (C=O) groups is 1. The molecule has 1 aliphatic rings. The Labute approximate surface area is 192 Å². The van der Waals surface area contributed by atoms with Crippen molar-refractivity contribution >= 4 is 38.4 Å². The van der Waals surface area contributed by atoms with Crippen LogP contribution in [0.2, 0.25) is 0 Å². The molecule has 0 N–H and O–H groups in total. The van der Waals surface area contributed by atoms with Crippen molar-refractivity contribution < 1.29 is 13.9 Å². The molecule has 0 aliphatic carbocycles. The Bertz CT molecular complexity index is 1120. The Morgan fingerprint density at radius 3 is 2.58 bits per heavy atom. The molecule has 0 atom stereocenters. The lowest BCUT2D eigenvalue weighted by atomic mass is 9.96. The third-order valence-corrected chi connectivity index (χ3v) is 6.45. The van der Waals surface area contributed by atoms with E-state index in [-0.39, 0.29) is 5.91 Å². The van der Waals surface area contributed by atoms with Gasteiger partial charge in [0, 0.05) is 45.7 Å². The number of nitrogens with zero attached hydrogens (tertiary/aromatic N) is 1. The standard InChI is InChI=1S/C26H28BrNO3/c1-4-30-25-18(3)26-22(23(16-31-26)19-8-10-20(27)11-9-19)15-21(25)17(2)14-24(29)28-12-6-5-7-13-28/h8-11,14-16H,4-7,12-13H2,1-3H3/b17-14+. The molecule has 1 aliphatic heterocycles. The maximum atomic E-state index is 12.9. The van der Waals surface area contributed by atoms with Crippen LogP contribution in [-0.2, 0) is 4.79 Å². The van der Waals surface area contributed by atoms with E-state index in [2.05, 4.69) is 34.1 Å². The maximum absolute atomic E-state index is 12.9. The number of aryl methyl sites for hydroxylation is 1. The van der Waals surface area contributed by atoms with Crippen molar-refractivity contribution in [1.82, 2.24) is 4.90 Å². The average Bonchev–Trinajstić information content (AvgIpc) is 3.21. The minimum Gasteiger partial charge on any atom is -0.493 e. The molecule has 31 heavy (non-hydrogen) atoms. The lowest BCUT2D eigenvalue weighted by Crippen LogP contribution is -2.34. The van der Waals surface area contributed by atoms with Gasteiger partial charge >= 0.3 is 0 Å². The quantitative estimate of drug-likeness (QED) is 0.369. The number of amides is 1. The van der Waals surface area contributed by atoms with Gasteiger partial charge in [-0.15, -0.1) is 0 Å². The fourth-order valence-corrected chi connectivity index (χ4v) is 4.52. The number of hydrogen-bond donors (Lipinski definition) is 0. The highest BCUT2D eigenvalue weighted by Crippen LogP contribution is 2.41. The number of benzene rings is 2. The molecule has 1 fully saturated rings.